The molecule has 0 atom stereocenters. The summed E-state index contributed by atoms with van der Waals surface area (Å²) in [6.07, 6.45) is 3.75. The third kappa shape index (κ3) is 5.11. The number of esters is 1. The summed E-state index contributed by atoms with van der Waals surface area (Å²) in [6.45, 7) is 4.17. The lowest BCUT2D eigenvalue weighted by atomic mass is 9.99. The van der Waals surface area contributed by atoms with Gasteiger partial charge in [0.05, 0.1) is 18.7 Å². The van der Waals surface area contributed by atoms with Crippen molar-refractivity contribution in [1.29, 1.82) is 0 Å². The van der Waals surface area contributed by atoms with Crippen molar-refractivity contribution < 1.29 is 19.4 Å². The molecule has 0 amide bonds. The third-order valence-electron chi connectivity index (χ3n) is 5.14. The highest BCUT2D eigenvalue weighted by atomic mass is 16.5. The molecule has 0 aliphatic heterocycles. The zero-order valence-electron chi connectivity index (χ0n) is 18.2. The zero-order chi connectivity index (χ0) is 23.1. The second kappa shape index (κ2) is 10.5. The maximum atomic E-state index is 13.0. The number of unbranched alkanes of at least 4 members (excludes halogenated alkanes) is 1. The molecular weight excluding hydrogens is 408 g/mol. The van der Waals surface area contributed by atoms with Crippen LogP contribution in [0.25, 0.3) is 11.1 Å². The first-order valence-electron chi connectivity index (χ1n) is 10.6. The molecule has 0 fully saturated rings. The number of nitrogens with zero attached hydrogens (tertiary/aromatic N) is 2. The second-order valence-electron chi connectivity index (χ2n) is 7.35. The lowest BCUT2D eigenvalue weighted by Crippen LogP contribution is -2.31. The molecule has 2 aromatic carbocycles. The van der Waals surface area contributed by atoms with E-state index in [9.17, 15) is 19.5 Å². The molecule has 1 N–H and O–H groups in total. The molecule has 0 bridgehead atoms. The van der Waals surface area contributed by atoms with Gasteiger partial charge in [-0.25, -0.2) is 14.6 Å². The number of ether oxygens (including phenoxy) is 1. The third-order valence-corrected chi connectivity index (χ3v) is 5.14. The number of carboxylic acid groups (broad SMARTS) is 1. The number of aromatic carboxylic acids is 1. The molecule has 7 heteroatoms. The number of benzene rings is 2. The van der Waals surface area contributed by atoms with Crippen LogP contribution in [0.4, 0.5) is 0 Å². The second-order valence-corrected chi connectivity index (χ2v) is 7.35. The van der Waals surface area contributed by atoms with Crippen LogP contribution in [-0.2, 0) is 17.7 Å². The van der Waals surface area contributed by atoms with Gasteiger partial charge in [-0.1, -0.05) is 55.8 Å². The van der Waals surface area contributed by atoms with E-state index in [4.69, 9.17) is 4.74 Å². The summed E-state index contributed by atoms with van der Waals surface area (Å²) in [5, 5.41) is 9.43. The summed E-state index contributed by atoms with van der Waals surface area (Å²) in [5.41, 5.74) is 1.94. The molecule has 1 aromatic heterocycles. The van der Waals surface area contributed by atoms with Gasteiger partial charge in [0.2, 0.25) is 0 Å². The Bertz CT molecular complexity index is 1170. The van der Waals surface area contributed by atoms with Gasteiger partial charge in [0.25, 0.3) is 5.56 Å². The number of carbonyl (C=O) groups is 2. The number of hydrogen-bond acceptors (Lipinski definition) is 5. The van der Waals surface area contributed by atoms with Gasteiger partial charge in [0.1, 0.15) is 11.4 Å². The van der Waals surface area contributed by atoms with Crippen LogP contribution < -0.4 is 5.56 Å². The van der Waals surface area contributed by atoms with Crippen LogP contribution in [0.15, 0.2) is 59.5 Å². The molecule has 0 saturated carbocycles. The van der Waals surface area contributed by atoms with E-state index in [0.717, 1.165) is 24.0 Å². The molecule has 0 saturated heterocycles. The summed E-state index contributed by atoms with van der Waals surface area (Å²) in [4.78, 5) is 41.1. The van der Waals surface area contributed by atoms with Gasteiger partial charge in [-0.2, -0.15) is 0 Å². The van der Waals surface area contributed by atoms with Crippen LogP contribution in [0.1, 0.15) is 58.8 Å². The molecule has 0 aliphatic rings. The molecule has 7 nitrogen and oxygen atoms in total. The maximum Gasteiger partial charge on any atom is 0.345 e. The summed E-state index contributed by atoms with van der Waals surface area (Å²) < 4.78 is 6.51. The Morgan fingerprint density at radius 1 is 1.03 bits per heavy atom. The van der Waals surface area contributed by atoms with Gasteiger partial charge in [0.15, 0.2) is 0 Å². The van der Waals surface area contributed by atoms with Crippen molar-refractivity contribution in [3.63, 3.8) is 0 Å². The van der Waals surface area contributed by atoms with Gasteiger partial charge >= 0.3 is 11.9 Å². The molecule has 166 valence electrons. The highest BCUT2D eigenvalue weighted by Gasteiger charge is 2.18. The summed E-state index contributed by atoms with van der Waals surface area (Å²) in [6, 6.07) is 14.2. The largest absolute Gasteiger partial charge is 0.478 e. The standard InChI is InChI=1S/C25H26N2O5/c1-3-5-10-22-26-15-21(25(31)32-4-2)23(28)27(22)16-17-11-13-18(14-12-17)19-8-6-7-9-20(19)24(29)30/h6-9,11-15H,3-5,10,16H2,1-2H3,(H,29,30). The first-order chi connectivity index (χ1) is 15.5. The Morgan fingerprint density at radius 2 is 1.75 bits per heavy atom. The predicted octanol–water partition coefficient (Wildman–Crippen LogP) is 4.18. The van der Waals surface area contributed by atoms with Crippen LogP contribution in [-0.4, -0.2) is 33.2 Å². The fraction of sp³-hybridized carbons (Fsp3) is 0.280. The van der Waals surface area contributed by atoms with Crippen LogP contribution in [0.2, 0.25) is 0 Å². The predicted molar refractivity (Wildman–Crippen MR) is 121 cm³/mol. The van der Waals surface area contributed by atoms with E-state index in [2.05, 4.69) is 11.9 Å². The van der Waals surface area contributed by atoms with E-state index in [1.54, 1.807) is 31.2 Å². The fourth-order valence-electron chi connectivity index (χ4n) is 3.47. The lowest BCUT2D eigenvalue weighted by Gasteiger charge is -2.14. The molecule has 3 aromatic rings. The molecule has 0 radical (unpaired) electrons. The van der Waals surface area contributed by atoms with Crippen LogP contribution >= 0.6 is 0 Å². The van der Waals surface area contributed by atoms with Crippen molar-refractivity contribution in [2.45, 2.75) is 39.7 Å². The number of carbonyl (C=O) groups excluding carboxylic acids is 1. The van der Waals surface area contributed by atoms with Crippen molar-refractivity contribution in [3.05, 3.63) is 87.6 Å². The van der Waals surface area contributed by atoms with Gasteiger partial charge in [-0.3, -0.25) is 9.36 Å². The quantitative estimate of drug-likeness (QED) is 0.508. The summed E-state index contributed by atoms with van der Waals surface area (Å²) in [5.74, 6) is -1.05. The minimum Gasteiger partial charge on any atom is -0.478 e. The highest BCUT2D eigenvalue weighted by Crippen LogP contribution is 2.24. The van der Waals surface area contributed by atoms with E-state index in [1.165, 1.54) is 10.8 Å². The van der Waals surface area contributed by atoms with E-state index < -0.39 is 17.5 Å². The van der Waals surface area contributed by atoms with E-state index in [-0.39, 0.29) is 24.3 Å². The highest BCUT2D eigenvalue weighted by molar-refractivity contribution is 5.96. The van der Waals surface area contributed by atoms with Gasteiger partial charge in [-0.05, 0) is 36.1 Å². The zero-order valence-corrected chi connectivity index (χ0v) is 18.2. The SMILES string of the molecule is CCCCc1ncc(C(=O)OCC)c(=O)n1Cc1ccc(-c2ccccc2C(=O)O)cc1. The van der Waals surface area contributed by atoms with E-state index >= 15 is 0 Å². The smallest absolute Gasteiger partial charge is 0.345 e. The van der Waals surface area contributed by atoms with Crippen LogP contribution in [0, 0.1) is 0 Å². The normalized spacial score (nSPS) is 10.7. The minimum atomic E-state index is -0.987. The molecule has 0 unspecified atom stereocenters. The molecule has 0 spiro atoms. The lowest BCUT2D eigenvalue weighted by molar-refractivity contribution is 0.0522. The maximum absolute atomic E-state index is 13.0. The Morgan fingerprint density at radius 3 is 2.41 bits per heavy atom. The Balaban J connectivity index is 1.95. The van der Waals surface area contributed by atoms with Gasteiger partial charge < -0.3 is 9.84 Å². The molecule has 0 aliphatic carbocycles. The van der Waals surface area contributed by atoms with Crippen molar-refractivity contribution in [1.82, 2.24) is 9.55 Å². The van der Waals surface area contributed by atoms with Crippen molar-refractivity contribution >= 4 is 11.9 Å². The molecule has 1 heterocycles. The molecule has 32 heavy (non-hydrogen) atoms. The first-order valence-corrected chi connectivity index (χ1v) is 10.6. The number of aromatic nitrogens is 2. The average Bonchev–Trinajstić information content (AvgIpc) is 2.80. The Labute approximate surface area is 186 Å². The average molecular weight is 434 g/mol. The van der Waals surface area contributed by atoms with Crippen molar-refractivity contribution in [2.75, 3.05) is 6.61 Å². The Hall–Kier alpha value is -3.74. The molecule has 3 rings (SSSR count). The number of rotatable bonds is 9. The van der Waals surface area contributed by atoms with Crippen LogP contribution in [0.5, 0.6) is 0 Å². The topological polar surface area (TPSA) is 98.5 Å². The van der Waals surface area contributed by atoms with E-state index in [1.807, 2.05) is 24.3 Å². The van der Waals surface area contributed by atoms with Gasteiger partial charge in [0, 0.05) is 12.6 Å². The minimum absolute atomic E-state index is 0.0842. The first kappa shape index (κ1) is 22.9. The van der Waals surface area contributed by atoms with Gasteiger partial charge in [-0.15, -0.1) is 0 Å². The number of carboxylic acids is 1. The molecular formula is C25H26N2O5. The monoisotopic (exact) mass is 434 g/mol. The van der Waals surface area contributed by atoms with Crippen molar-refractivity contribution in [2.24, 2.45) is 0 Å². The van der Waals surface area contributed by atoms with E-state index in [0.29, 0.717) is 17.8 Å². The summed E-state index contributed by atoms with van der Waals surface area (Å²) >= 11 is 0. The van der Waals surface area contributed by atoms with Crippen molar-refractivity contribution in [3.8, 4) is 11.1 Å². The van der Waals surface area contributed by atoms with Crippen LogP contribution in [0.3, 0.4) is 0 Å². The fourth-order valence-corrected chi connectivity index (χ4v) is 3.47. The summed E-state index contributed by atoms with van der Waals surface area (Å²) in [7, 11) is 0. The number of hydrogen-bond donors (Lipinski definition) is 1. The Kier molecular flexibility index (Phi) is 7.54. The number of aryl methyl sites for hydroxylation is 1.